The third-order valence-electron chi connectivity index (χ3n) is 2.70. The first kappa shape index (κ1) is 15.8. The van der Waals surface area contributed by atoms with Gasteiger partial charge >= 0.3 is 0 Å². The molecule has 0 aliphatic heterocycles. The molecule has 0 spiro atoms. The molecule has 0 heterocycles. The molecule has 0 aliphatic rings. The van der Waals surface area contributed by atoms with Gasteiger partial charge in [0.1, 0.15) is 0 Å². The van der Waals surface area contributed by atoms with Gasteiger partial charge in [0.05, 0.1) is 0 Å². The van der Waals surface area contributed by atoms with Gasteiger partial charge in [0.2, 0.25) is 0 Å². The van der Waals surface area contributed by atoms with Gasteiger partial charge in [-0.1, -0.05) is 6.42 Å². The van der Waals surface area contributed by atoms with E-state index in [0.29, 0.717) is 24.6 Å². The summed E-state index contributed by atoms with van der Waals surface area (Å²) in [6, 6.07) is 1.41. The van der Waals surface area contributed by atoms with Gasteiger partial charge in [-0.3, -0.25) is 4.79 Å². The number of amides is 1. The zero-order valence-electron chi connectivity index (χ0n) is 10.6. The number of alkyl halides is 1. The lowest BCUT2D eigenvalue weighted by molar-refractivity contribution is 0.0791. The van der Waals surface area contributed by atoms with Crippen LogP contribution in [0.15, 0.2) is 12.1 Å². The van der Waals surface area contributed by atoms with Crippen LogP contribution in [0, 0.1) is 17.5 Å². The number of carbonyl (C=O) groups excluding carboxylic acids is 1. The Bertz CT molecular complexity index is 431. The molecule has 0 unspecified atom stereocenters. The Kier molecular flexibility index (Phi) is 6.15. The van der Waals surface area contributed by atoms with Gasteiger partial charge in [-0.2, -0.15) is 0 Å². The maximum atomic E-state index is 13.0. The van der Waals surface area contributed by atoms with Gasteiger partial charge in [0, 0.05) is 25.0 Å². The smallest absolute Gasteiger partial charge is 0.253 e. The first-order valence-electron chi connectivity index (χ1n) is 5.93. The first-order valence-corrected chi connectivity index (χ1v) is 6.46. The van der Waals surface area contributed by atoms with Crippen LogP contribution < -0.4 is 0 Å². The second-order valence-corrected chi connectivity index (χ2v) is 4.61. The van der Waals surface area contributed by atoms with Crippen molar-refractivity contribution in [1.29, 1.82) is 0 Å². The number of hydrogen-bond acceptors (Lipinski definition) is 1. The molecule has 1 aromatic rings. The van der Waals surface area contributed by atoms with Crippen LogP contribution in [0.5, 0.6) is 0 Å². The van der Waals surface area contributed by atoms with E-state index in [0.717, 1.165) is 19.3 Å². The van der Waals surface area contributed by atoms with Gasteiger partial charge in [-0.25, -0.2) is 13.2 Å². The highest BCUT2D eigenvalue weighted by molar-refractivity contribution is 6.17. The Morgan fingerprint density at radius 2 is 1.74 bits per heavy atom. The minimum atomic E-state index is -1.57. The zero-order chi connectivity index (χ0) is 14.4. The number of nitrogens with zero attached hydrogens (tertiary/aromatic N) is 1. The lowest BCUT2D eigenvalue weighted by Crippen LogP contribution is -2.28. The second kappa shape index (κ2) is 7.38. The predicted molar refractivity (Wildman–Crippen MR) is 67.8 cm³/mol. The molecule has 2 nitrogen and oxygen atoms in total. The van der Waals surface area contributed by atoms with Crippen LogP contribution in [0.4, 0.5) is 13.2 Å². The van der Waals surface area contributed by atoms with E-state index in [1.165, 1.54) is 11.9 Å². The number of hydrogen-bond donors (Lipinski definition) is 0. The minimum absolute atomic E-state index is 0.198. The van der Waals surface area contributed by atoms with Crippen LogP contribution in [-0.2, 0) is 0 Å². The number of unbranched alkanes of at least 4 members (excludes halogenated alkanes) is 2. The topological polar surface area (TPSA) is 20.3 Å². The van der Waals surface area contributed by atoms with Crippen molar-refractivity contribution in [1.82, 2.24) is 4.90 Å². The third-order valence-corrected chi connectivity index (χ3v) is 2.97. The summed E-state index contributed by atoms with van der Waals surface area (Å²) in [7, 11) is 1.53. The fourth-order valence-corrected chi connectivity index (χ4v) is 1.81. The monoisotopic (exact) mass is 293 g/mol. The summed E-state index contributed by atoms with van der Waals surface area (Å²) < 4.78 is 38.8. The van der Waals surface area contributed by atoms with Crippen molar-refractivity contribution in [2.24, 2.45) is 0 Å². The normalized spacial score (nSPS) is 10.6. The maximum Gasteiger partial charge on any atom is 0.253 e. The highest BCUT2D eigenvalue weighted by Gasteiger charge is 2.17. The molecule has 0 saturated heterocycles. The quantitative estimate of drug-likeness (QED) is 0.446. The molecule has 0 radical (unpaired) electrons. The zero-order valence-corrected chi connectivity index (χ0v) is 11.3. The molecular weight excluding hydrogens is 279 g/mol. The average molecular weight is 294 g/mol. The van der Waals surface area contributed by atoms with Crippen LogP contribution in [0.2, 0.25) is 0 Å². The number of benzene rings is 1. The number of carbonyl (C=O) groups is 1. The fraction of sp³-hybridized carbons (Fsp3) is 0.462. The van der Waals surface area contributed by atoms with Crippen molar-refractivity contribution in [3.05, 3.63) is 35.1 Å². The van der Waals surface area contributed by atoms with Crippen LogP contribution in [0.25, 0.3) is 0 Å². The van der Waals surface area contributed by atoms with Crippen molar-refractivity contribution in [3.63, 3.8) is 0 Å². The molecule has 0 bridgehead atoms. The Morgan fingerprint density at radius 3 is 2.26 bits per heavy atom. The Labute approximate surface area is 115 Å². The van der Waals surface area contributed by atoms with E-state index >= 15 is 0 Å². The molecule has 1 amide bonds. The molecule has 0 fully saturated rings. The van der Waals surface area contributed by atoms with Crippen molar-refractivity contribution >= 4 is 17.5 Å². The van der Waals surface area contributed by atoms with E-state index < -0.39 is 23.4 Å². The highest BCUT2D eigenvalue weighted by atomic mass is 35.5. The lowest BCUT2D eigenvalue weighted by Gasteiger charge is -2.17. The molecule has 0 saturated carbocycles. The molecular formula is C13H15ClF3NO. The molecule has 0 aromatic heterocycles. The predicted octanol–water partition coefficient (Wildman–Crippen LogP) is 3.59. The van der Waals surface area contributed by atoms with Gasteiger partial charge in [-0.15, -0.1) is 11.6 Å². The van der Waals surface area contributed by atoms with Crippen LogP contribution in [0.3, 0.4) is 0 Å². The largest absolute Gasteiger partial charge is 0.342 e. The molecule has 0 aliphatic carbocycles. The summed E-state index contributed by atoms with van der Waals surface area (Å²) in [4.78, 5) is 13.2. The van der Waals surface area contributed by atoms with Crippen LogP contribution in [-0.4, -0.2) is 30.3 Å². The van der Waals surface area contributed by atoms with Crippen molar-refractivity contribution in [3.8, 4) is 0 Å². The molecule has 6 heteroatoms. The standard InChI is InChI=1S/C13H15ClF3NO/c1-18(6-4-2-3-5-14)13(19)9-7-10(15)12(17)11(16)8-9/h7-8H,2-6H2,1H3. The molecule has 1 rings (SSSR count). The van der Waals surface area contributed by atoms with E-state index in [2.05, 4.69) is 0 Å². The summed E-state index contributed by atoms with van der Waals surface area (Å²) in [5.74, 6) is -4.27. The van der Waals surface area contributed by atoms with E-state index in [1.807, 2.05) is 0 Å². The van der Waals surface area contributed by atoms with Gasteiger partial charge in [0.25, 0.3) is 5.91 Å². The van der Waals surface area contributed by atoms with Crippen LogP contribution >= 0.6 is 11.6 Å². The van der Waals surface area contributed by atoms with Crippen molar-refractivity contribution in [2.75, 3.05) is 19.5 Å². The third kappa shape index (κ3) is 4.42. The van der Waals surface area contributed by atoms with E-state index in [9.17, 15) is 18.0 Å². The molecule has 106 valence electrons. The summed E-state index contributed by atoms with van der Waals surface area (Å²) in [5, 5.41) is 0. The average Bonchev–Trinajstić information content (AvgIpc) is 2.39. The lowest BCUT2D eigenvalue weighted by atomic mass is 10.1. The van der Waals surface area contributed by atoms with Gasteiger partial charge in [0.15, 0.2) is 17.5 Å². The number of rotatable bonds is 6. The van der Waals surface area contributed by atoms with E-state index in [4.69, 9.17) is 11.6 Å². The first-order chi connectivity index (χ1) is 8.97. The van der Waals surface area contributed by atoms with Gasteiger partial charge < -0.3 is 4.90 Å². The maximum absolute atomic E-state index is 13.0. The van der Waals surface area contributed by atoms with Crippen molar-refractivity contribution in [2.45, 2.75) is 19.3 Å². The van der Waals surface area contributed by atoms with E-state index in [1.54, 1.807) is 0 Å². The molecule has 0 N–H and O–H groups in total. The summed E-state index contributed by atoms with van der Waals surface area (Å²) in [6.45, 7) is 0.455. The Balaban J connectivity index is 2.66. The highest BCUT2D eigenvalue weighted by Crippen LogP contribution is 2.15. The van der Waals surface area contributed by atoms with Gasteiger partial charge in [-0.05, 0) is 25.0 Å². The Hall–Kier alpha value is -1.23. The number of halogens is 4. The molecule has 0 atom stereocenters. The summed E-state index contributed by atoms with van der Waals surface area (Å²) in [5.41, 5.74) is -0.198. The summed E-state index contributed by atoms with van der Waals surface area (Å²) >= 11 is 5.53. The fourth-order valence-electron chi connectivity index (χ4n) is 1.62. The Morgan fingerprint density at radius 1 is 1.16 bits per heavy atom. The minimum Gasteiger partial charge on any atom is -0.342 e. The summed E-state index contributed by atoms with van der Waals surface area (Å²) in [6.07, 6.45) is 2.47. The van der Waals surface area contributed by atoms with E-state index in [-0.39, 0.29) is 5.56 Å². The van der Waals surface area contributed by atoms with Crippen LogP contribution in [0.1, 0.15) is 29.6 Å². The molecule has 19 heavy (non-hydrogen) atoms. The van der Waals surface area contributed by atoms with Crippen molar-refractivity contribution < 1.29 is 18.0 Å². The second-order valence-electron chi connectivity index (χ2n) is 4.23. The SMILES string of the molecule is CN(CCCCCCl)C(=O)c1cc(F)c(F)c(F)c1. The molecule has 1 aromatic carbocycles.